The third-order valence-electron chi connectivity index (χ3n) is 6.05. The normalized spacial score (nSPS) is 20.3. The van der Waals surface area contributed by atoms with E-state index in [2.05, 4.69) is 35.0 Å². The van der Waals surface area contributed by atoms with E-state index in [1.54, 1.807) is 6.07 Å². The zero-order valence-electron chi connectivity index (χ0n) is 16.4. The van der Waals surface area contributed by atoms with Crippen LogP contribution in [0.3, 0.4) is 0 Å². The lowest BCUT2D eigenvalue weighted by molar-refractivity contribution is -0.138. The van der Waals surface area contributed by atoms with E-state index in [1.807, 2.05) is 12.1 Å². The summed E-state index contributed by atoms with van der Waals surface area (Å²) in [5.41, 5.74) is 2.12. The van der Waals surface area contributed by atoms with Gasteiger partial charge in [0.2, 0.25) is 0 Å². The Bertz CT molecular complexity index is 756. The van der Waals surface area contributed by atoms with E-state index in [-0.39, 0.29) is 4.47 Å². The summed E-state index contributed by atoms with van der Waals surface area (Å²) in [5.74, 6) is 1.47. The molecule has 0 atom stereocenters. The van der Waals surface area contributed by atoms with Gasteiger partial charge in [-0.3, -0.25) is 0 Å². The maximum Gasteiger partial charge on any atom is 0.417 e. The van der Waals surface area contributed by atoms with Gasteiger partial charge in [-0.1, -0.05) is 78.9 Å². The molecular formula is C24H28BrF3. The molecule has 1 fully saturated rings. The fraction of sp³-hybridized carbons (Fsp3) is 0.500. The van der Waals surface area contributed by atoms with Crippen molar-refractivity contribution in [3.63, 3.8) is 0 Å². The standard InChI is InChI=1S/C24H28BrF3/c1-2-3-4-5-17-6-8-18(9-7-17)19-10-12-20(13-11-19)21-14-15-23(25)22(16-21)24(26,27)28/h10-18H,2-9H2,1H3. The quantitative estimate of drug-likeness (QED) is 0.383. The van der Waals surface area contributed by atoms with Crippen molar-refractivity contribution in [1.29, 1.82) is 0 Å². The first-order valence-corrected chi connectivity index (χ1v) is 11.1. The zero-order valence-corrected chi connectivity index (χ0v) is 18.0. The average Bonchev–Trinajstić information content (AvgIpc) is 2.68. The molecule has 1 aliphatic rings. The molecule has 0 radical (unpaired) electrons. The van der Waals surface area contributed by atoms with Gasteiger partial charge in [0.15, 0.2) is 0 Å². The number of hydrogen-bond donors (Lipinski definition) is 0. The molecule has 0 saturated heterocycles. The average molecular weight is 453 g/mol. The van der Waals surface area contributed by atoms with E-state index < -0.39 is 11.7 Å². The first kappa shape index (κ1) is 21.4. The summed E-state index contributed by atoms with van der Waals surface area (Å²) in [6.07, 6.45) is 6.05. The first-order chi connectivity index (χ1) is 13.4. The highest BCUT2D eigenvalue weighted by Gasteiger charge is 2.33. The second-order valence-electron chi connectivity index (χ2n) is 8.03. The number of benzene rings is 2. The summed E-state index contributed by atoms with van der Waals surface area (Å²) in [6, 6.07) is 12.6. The van der Waals surface area contributed by atoms with Crippen LogP contribution in [0.5, 0.6) is 0 Å². The van der Waals surface area contributed by atoms with Gasteiger partial charge in [0.05, 0.1) is 5.56 Å². The van der Waals surface area contributed by atoms with Crippen molar-refractivity contribution in [2.24, 2.45) is 5.92 Å². The molecule has 3 rings (SSSR count). The van der Waals surface area contributed by atoms with E-state index in [4.69, 9.17) is 0 Å². The molecule has 28 heavy (non-hydrogen) atoms. The number of rotatable bonds is 6. The van der Waals surface area contributed by atoms with Crippen LogP contribution in [0, 0.1) is 5.92 Å². The minimum absolute atomic E-state index is 0.0797. The molecule has 0 nitrogen and oxygen atoms in total. The molecule has 0 heterocycles. The Morgan fingerprint density at radius 2 is 1.54 bits per heavy atom. The molecule has 0 unspecified atom stereocenters. The largest absolute Gasteiger partial charge is 0.417 e. The van der Waals surface area contributed by atoms with Crippen LogP contribution < -0.4 is 0 Å². The van der Waals surface area contributed by atoms with Gasteiger partial charge in [-0.05, 0) is 66.3 Å². The predicted molar refractivity (Wildman–Crippen MR) is 113 cm³/mol. The van der Waals surface area contributed by atoms with Crippen molar-refractivity contribution in [3.05, 3.63) is 58.1 Å². The van der Waals surface area contributed by atoms with Crippen LogP contribution in [-0.4, -0.2) is 0 Å². The third kappa shape index (κ3) is 5.40. The highest BCUT2D eigenvalue weighted by molar-refractivity contribution is 9.10. The Labute approximate surface area is 174 Å². The highest BCUT2D eigenvalue weighted by atomic mass is 79.9. The molecule has 2 aromatic rings. The van der Waals surface area contributed by atoms with Crippen LogP contribution in [0.2, 0.25) is 0 Å². The Balaban J connectivity index is 1.65. The smallest absolute Gasteiger partial charge is 0.166 e. The first-order valence-electron chi connectivity index (χ1n) is 10.4. The van der Waals surface area contributed by atoms with Gasteiger partial charge in [-0.2, -0.15) is 13.2 Å². The monoisotopic (exact) mass is 452 g/mol. The maximum absolute atomic E-state index is 13.2. The molecule has 0 N–H and O–H groups in total. The summed E-state index contributed by atoms with van der Waals surface area (Å²) in [6.45, 7) is 2.25. The Morgan fingerprint density at radius 3 is 2.14 bits per heavy atom. The lowest BCUT2D eigenvalue weighted by Crippen LogP contribution is -2.13. The SMILES string of the molecule is CCCCCC1CCC(c2ccc(-c3ccc(Br)c(C(F)(F)F)c3)cc2)CC1. The number of hydrogen-bond acceptors (Lipinski definition) is 0. The van der Waals surface area contributed by atoms with Crippen molar-refractivity contribution in [3.8, 4) is 11.1 Å². The lowest BCUT2D eigenvalue weighted by Gasteiger charge is -2.29. The number of alkyl halides is 3. The van der Waals surface area contributed by atoms with E-state index in [0.29, 0.717) is 11.5 Å². The minimum Gasteiger partial charge on any atom is -0.166 e. The van der Waals surface area contributed by atoms with Gasteiger partial charge in [0, 0.05) is 4.47 Å². The molecule has 152 valence electrons. The van der Waals surface area contributed by atoms with E-state index in [0.717, 1.165) is 11.5 Å². The second-order valence-corrected chi connectivity index (χ2v) is 8.88. The van der Waals surface area contributed by atoms with Crippen LogP contribution in [0.1, 0.15) is 75.3 Å². The fourth-order valence-corrected chi connectivity index (χ4v) is 4.81. The molecule has 4 heteroatoms. The van der Waals surface area contributed by atoms with Gasteiger partial charge in [-0.15, -0.1) is 0 Å². The van der Waals surface area contributed by atoms with Gasteiger partial charge < -0.3 is 0 Å². The van der Waals surface area contributed by atoms with Crippen molar-refractivity contribution in [2.45, 2.75) is 70.4 Å². The lowest BCUT2D eigenvalue weighted by atomic mass is 9.77. The highest BCUT2D eigenvalue weighted by Crippen LogP contribution is 2.40. The molecule has 1 aliphatic carbocycles. The fourth-order valence-electron chi connectivity index (χ4n) is 4.34. The molecule has 0 bridgehead atoms. The Hall–Kier alpha value is -1.29. The van der Waals surface area contributed by atoms with Crippen molar-refractivity contribution in [1.82, 2.24) is 0 Å². The molecule has 0 aliphatic heterocycles. The van der Waals surface area contributed by atoms with Crippen molar-refractivity contribution >= 4 is 15.9 Å². The molecule has 0 amide bonds. The van der Waals surface area contributed by atoms with Gasteiger partial charge in [0.1, 0.15) is 0 Å². The van der Waals surface area contributed by atoms with Crippen LogP contribution in [-0.2, 0) is 6.18 Å². The Morgan fingerprint density at radius 1 is 0.893 bits per heavy atom. The maximum atomic E-state index is 13.2. The molecule has 0 aromatic heterocycles. The summed E-state index contributed by atoms with van der Waals surface area (Å²) >= 11 is 3.01. The van der Waals surface area contributed by atoms with Crippen LogP contribution in [0.25, 0.3) is 11.1 Å². The van der Waals surface area contributed by atoms with E-state index in [9.17, 15) is 13.2 Å². The molecule has 1 saturated carbocycles. The third-order valence-corrected chi connectivity index (χ3v) is 6.74. The van der Waals surface area contributed by atoms with Crippen LogP contribution >= 0.6 is 15.9 Å². The summed E-state index contributed by atoms with van der Waals surface area (Å²) in [5, 5.41) is 0. The van der Waals surface area contributed by atoms with E-state index in [1.165, 1.54) is 69.1 Å². The zero-order chi connectivity index (χ0) is 20.1. The summed E-state index contributed by atoms with van der Waals surface area (Å²) < 4.78 is 39.5. The predicted octanol–water partition coefficient (Wildman–Crippen LogP) is 8.99. The van der Waals surface area contributed by atoms with Gasteiger partial charge in [0.25, 0.3) is 0 Å². The van der Waals surface area contributed by atoms with Gasteiger partial charge >= 0.3 is 6.18 Å². The van der Waals surface area contributed by atoms with E-state index >= 15 is 0 Å². The number of halogens is 4. The topological polar surface area (TPSA) is 0 Å². The Kier molecular flexibility index (Phi) is 7.25. The summed E-state index contributed by atoms with van der Waals surface area (Å²) in [4.78, 5) is 0. The van der Waals surface area contributed by atoms with Crippen molar-refractivity contribution in [2.75, 3.05) is 0 Å². The van der Waals surface area contributed by atoms with Gasteiger partial charge in [-0.25, -0.2) is 0 Å². The summed E-state index contributed by atoms with van der Waals surface area (Å²) in [7, 11) is 0. The number of unbranched alkanes of at least 4 members (excludes halogenated alkanes) is 2. The van der Waals surface area contributed by atoms with Crippen LogP contribution in [0.15, 0.2) is 46.9 Å². The second kappa shape index (κ2) is 9.47. The molecule has 2 aromatic carbocycles. The molecule has 0 spiro atoms. The minimum atomic E-state index is -4.36. The van der Waals surface area contributed by atoms with Crippen molar-refractivity contribution < 1.29 is 13.2 Å². The molecular weight excluding hydrogens is 425 g/mol. The van der Waals surface area contributed by atoms with Crippen LogP contribution in [0.4, 0.5) is 13.2 Å².